The zero-order chi connectivity index (χ0) is 13.0. The van der Waals surface area contributed by atoms with Gasteiger partial charge in [0.1, 0.15) is 5.76 Å². The molecule has 4 heteroatoms. The van der Waals surface area contributed by atoms with E-state index in [1.54, 1.807) is 6.26 Å². The van der Waals surface area contributed by atoms with E-state index in [9.17, 15) is 4.79 Å². The lowest BCUT2D eigenvalue weighted by Gasteiger charge is -2.09. The molecule has 0 amide bonds. The smallest absolute Gasteiger partial charge is 0.303 e. The van der Waals surface area contributed by atoms with E-state index in [0.717, 1.165) is 30.1 Å². The van der Waals surface area contributed by atoms with Crippen LogP contribution in [0.5, 0.6) is 0 Å². The lowest BCUT2D eigenvalue weighted by molar-refractivity contribution is -0.137. The Balaban J connectivity index is 2.03. The summed E-state index contributed by atoms with van der Waals surface area (Å²) in [7, 11) is 0. The number of aromatic nitrogens is 1. The summed E-state index contributed by atoms with van der Waals surface area (Å²) in [6.07, 6.45) is 3.45. The van der Waals surface area contributed by atoms with Crippen LogP contribution in [0.4, 0.5) is 0 Å². The maximum atomic E-state index is 10.5. The number of rotatable bonds is 6. The third kappa shape index (κ3) is 2.83. The SMILES string of the molecule is Cc1ccc(-c2ccco2)n1CCCCC(=O)O. The second kappa shape index (κ2) is 5.58. The highest BCUT2D eigenvalue weighted by atomic mass is 16.4. The molecule has 2 rings (SSSR count). The van der Waals surface area contributed by atoms with E-state index in [0.29, 0.717) is 6.42 Å². The van der Waals surface area contributed by atoms with Gasteiger partial charge in [0, 0.05) is 18.7 Å². The Morgan fingerprint density at radius 2 is 2.17 bits per heavy atom. The molecule has 18 heavy (non-hydrogen) atoms. The predicted octanol–water partition coefficient (Wildman–Crippen LogP) is 3.31. The fourth-order valence-corrected chi connectivity index (χ4v) is 2.05. The summed E-state index contributed by atoms with van der Waals surface area (Å²) >= 11 is 0. The largest absolute Gasteiger partial charge is 0.481 e. The molecule has 2 aromatic rings. The van der Waals surface area contributed by atoms with Crippen LogP contribution in [-0.2, 0) is 11.3 Å². The summed E-state index contributed by atoms with van der Waals surface area (Å²) in [6.45, 7) is 2.87. The van der Waals surface area contributed by atoms with Crippen LogP contribution >= 0.6 is 0 Å². The Kier molecular flexibility index (Phi) is 3.87. The Labute approximate surface area is 106 Å². The number of aliphatic carboxylic acids is 1. The molecule has 0 unspecified atom stereocenters. The van der Waals surface area contributed by atoms with Gasteiger partial charge in [0.15, 0.2) is 0 Å². The second-order valence-electron chi connectivity index (χ2n) is 4.34. The highest BCUT2D eigenvalue weighted by Gasteiger charge is 2.09. The Hall–Kier alpha value is -1.97. The first-order valence-corrected chi connectivity index (χ1v) is 6.10. The first-order chi connectivity index (χ1) is 8.68. The van der Waals surface area contributed by atoms with Gasteiger partial charge in [-0.25, -0.2) is 0 Å². The van der Waals surface area contributed by atoms with Gasteiger partial charge >= 0.3 is 5.97 Å². The highest BCUT2D eigenvalue weighted by molar-refractivity contribution is 5.66. The molecule has 2 heterocycles. The summed E-state index contributed by atoms with van der Waals surface area (Å²) in [6, 6.07) is 7.88. The first-order valence-electron chi connectivity index (χ1n) is 6.10. The van der Waals surface area contributed by atoms with Crippen molar-refractivity contribution in [3.63, 3.8) is 0 Å². The average Bonchev–Trinajstić information content (AvgIpc) is 2.94. The average molecular weight is 247 g/mol. The number of unbranched alkanes of at least 4 members (excludes halogenated alkanes) is 1. The van der Waals surface area contributed by atoms with Crippen molar-refractivity contribution in [3.05, 3.63) is 36.2 Å². The molecule has 0 saturated heterocycles. The van der Waals surface area contributed by atoms with E-state index >= 15 is 0 Å². The third-order valence-corrected chi connectivity index (χ3v) is 2.99. The molecule has 0 aliphatic rings. The van der Waals surface area contributed by atoms with E-state index in [1.807, 2.05) is 25.1 Å². The fraction of sp³-hybridized carbons (Fsp3) is 0.357. The molecule has 0 aliphatic heterocycles. The zero-order valence-corrected chi connectivity index (χ0v) is 10.4. The van der Waals surface area contributed by atoms with Gasteiger partial charge < -0.3 is 14.1 Å². The Bertz CT molecular complexity index is 511. The molecule has 0 saturated carbocycles. The standard InChI is InChI=1S/C14H17NO3/c1-11-7-8-12(13-5-4-10-18-13)15(11)9-3-2-6-14(16)17/h4-5,7-8,10H,2-3,6,9H2,1H3,(H,16,17). The lowest BCUT2D eigenvalue weighted by Crippen LogP contribution is -2.03. The first kappa shape index (κ1) is 12.5. The van der Waals surface area contributed by atoms with Crippen LogP contribution in [-0.4, -0.2) is 15.6 Å². The van der Waals surface area contributed by atoms with E-state index < -0.39 is 5.97 Å². The highest BCUT2D eigenvalue weighted by Crippen LogP contribution is 2.23. The summed E-state index contributed by atoms with van der Waals surface area (Å²) in [4.78, 5) is 10.5. The van der Waals surface area contributed by atoms with E-state index in [-0.39, 0.29) is 6.42 Å². The minimum absolute atomic E-state index is 0.233. The molecule has 0 atom stereocenters. The van der Waals surface area contributed by atoms with Crippen molar-refractivity contribution in [2.45, 2.75) is 32.7 Å². The van der Waals surface area contributed by atoms with Crippen LogP contribution < -0.4 is 0 Å². The van der Waals surface area contributed by atoms with E-state index in [4.69, 9.17) is 9.52 Å². The predicted molar refractivity (Wildman–Crippen MR) is 68.4 cm³/mol. The van der Waals surface area contributed by atoms with Gasteiger partial charge in [-0.05, 0) is 44.0 Å². The molecule has 0 radical (unpaired) electrons. The van der Waals surface area contributed by atoms with Gasteiger partial charge in [-0.3, -0.25) is 4.79 Å². The van der Waals surface area contributed by atoms with Crippen LogP contribution in [0.25, 0.3) is 11.5 Å². The monoisotopic (exact) mass is 247 g/mol. The number of furan rings is 1. The summed E-state index contributed by atoms with van der Waals surface area (Å²) in [5.41, 5.74) is 2.21. The van der Waals surface area contributed by atoms with Crippen LogP contribution in [0.2, 0.25) is 0 Å². The molecule has 0 aliphatic carbocycles. The molecule has 4 nitrogen and oxygen atoms in total. The van der Waals surface area contributed by atoms with Crippen molar-refractivity contribution in [2.24, 2.45) is 0 Å². The van der Waals surface area contributed by atoms with Crippen molar-refractivity contribution in [1.82, 2.24) is 4.57 Å². The molecule has 0 aromatic carbocycles. The third-order valence-electron chi connectivity index (χ3n) is 2.99. The number of carboxylic acid groups (broad SMARTS) is 1. The normalized spacial score (nSPS) is 10.7. The number of carboxylic acids is 1. The van der Waals surface area contributed by atoms with Gasteiger partial charge in [0.2, 0.25) is 0 Å². The molecular formula is C14H17NO3. The van der Waals surface area contributed by atoms with Crippen LogP contribution in [0.1, 0.15) is 25.0 Å². The van der Waals surface area contributed by atoms with Crippen LogP contribution in [0.3, 0.4) is 0 Å². The zero-order valence-electron chi connectivity index (χ0n) is 10.4. The fourth-order valence-electron chi connectivity index (χ4n) is 2.05. The topological polar surface area (TPSA) is 55.4 Å². The molecule has 0 bridgehead atoms. The van der Waals surface area contributed by atoms with Crippen molar-refractivity contribution >= 4 is 5.97 Å². The van der Waals surface area contributed by atoms with Gasteiger partial charge in [0.25, 0.3) is 0 Å². The van der Waals surface area contributed by atoms with Crippen molar-refractivity contribution in [3.8, 4) is 11.5 Å². The van der Waals surface area contributed by atoms with Gasteiger partial charge in [-0.15, -0.1) is 0 Å². The van der Waals surface area contributed by atoms with E-state index in [1.165, 1.54) is 0 Å². The van der Waals surface area contributed by atoms with Crippen LogP contribution in [0.15, 0.2) is 34.9 Å². The molecule has 1 N–H and O–H groups in total. The summed E-state index contributed by atoms with van der Waals surface area (Å²) < 4.78 is 7.57. The second-order valence-corrected chi connectivity index (χ2v) is 4.34. The molecule has 2 aromatic heterocycles. The minimum atomic E-state index is -0.731. The van der Waals surface area contributed by atoms with Crippen molar-refractivity contribution < 1.29 is 14.3 Å². The van der Waals surface area contributed by atoms with Crippen molar-refractivity contribution in [2.75, 3.05) is 0 Å². The Morgan fingerprint density at radius 1 is 1.33 bits per heavy atom. The number of aryl methyl sites for hydroxylation is 1. The Morgan fingerprint density at radius 3 is 2.83 bits per heavy atom. The van der Waals surface area contributed by atoms with Gasteiger partial charge in [0.05, 0.1) is 12.0 Å². The number of carbonyl (C=O) groups is 1. The quantitative estimate of drug-likeness (QED) is 0.797. The summed E-state index contributed by atoms with van der Waals surface area (Å²) in [5.74, 6) is 0.117. The number of hydrogen-bond acceptors (Lipinski definition) is 2. The minimum Gasteiger partial charge on any atom is -0.481 e. The number of nitrogens with zero attached hydrogens (tertiary/aromatic N) is 1. The maximum absolute atomic E-state index is 10.5. The molecule has 0 fully saturated rings. The number of hydrogen-bond donors (Lipinski definition) is 1. The van der Waals surface area contributed by atoms with Crippen LogP contribution in [0, 0.1) is 6.92 Å². The summed E-state index contributed by atoms with van der Waals surface area (Å²) in [5, 5.41) is 8.61. The molecule has 96 valence electrons. The maximum Gasteiger partial charge on any atom is 0.303 e. The van der Waals surface area contributed by atoms with Gasteiger partial charge in [-0.1, -0.05) is 0 Å². The van der Waals surface area contributed by atoms with Crippen molar-refractivity contribution in [1.29, 1.82) is 0 Å². The lowest BCUT2D eigenvalue weighted by atomic mass is 10.2. The van der Waals surface area contributed by atoms with E-state index in [2.05, 4.69) is 10.6 Å². The van der Waals surface area contributed by atoms with Gasteiger partial charge in [-0.2, -0.15) is 0 Å². The molecular weight excluding hydrogens is 230 g/mol. The molecule has 0 spiro atoms.